The molecule has 8 nitrogen and oxygen atoms in total. The zero-order chi connectivity index (χ0) is 22.7. The third-order valence-corrected chi connectivity index (χ3v) is 5.89. The number of ketones is 1. The first kappa shape index (κ1) is 22.0. The van der Waals surface area contributed by atoms with Gasteiger partial charge in [-0.2, -0.15) is 5.10 Å². The van der Waals surface area contributed by atoms with E-state index in [0.717, 1.165) is 30.8 Å². The van der Waals surface area contributed by atoms with Gasteiger partial charge >= 0.3 is 5.97 Å². The number of aryl methyl sites for hydroxylation is 1. The topological polar surface area (TPSA) is 90.2 Å². The van der Waals surface area contributed by atoms with Gasteiger partial charge in [-0.15, -0.1) is 0 Å². The molecular formula is C24H27N3O5. The Balaban J connectivity index is 1.40. The smallest absolute Gasteiger partial charge is 0.354 e. The second-order valence-corrected chi connectivity index (χ2v) is 8.12. The average Bonchev–Trinajstić information content (AvgIpc) is 3.42. The van der Waals surface area contributed by atoms with E-state index in [1.807, 2.05) is 26.0 Å². The Morgan fingerprint density at radius 1 is 1.19 bits per heavy atom. The summed E-state index contributed by atoms with van der Waals surface area (Å²) in [5.41, 5.74) is 3.07. The molecule has 0 aliphatic carbocycles. The number of hydrazone groups is 1. The van der Waals surface area contributed by atoms with Crippen molar-refractivity contribution in [1.29, 1.82) is 0 Å². The molecule has 0 unspecified atom stereocenters. The second-order valence-electron chi connectivity index (χ2n) is 8.12. The maximum absolute atomic E-state index is 12.8. The third kappa shape index (κ3) is 4.65. The van der Waals surface area contributed by atoms with E-state index in [9.17, 15) is 14.4 Å². The second kappa shape index (κ2) is 9.48. The van der Waals surface area contributed by atoms with Gasteiger partial charge in [0.25, 0.3) is 0 Å². The summed E-state index contributed by atoms with van der Waals surface area (Å²) in [7, 11) is 0. The molecule has 168 valence electrons. The molecule has 1 fully saturated rings. The molecule has 0 bridgehead atoms. The fraction of sp³-hybridized carbons (Fsp3) is 0.417. The van der Waals surface area contributed by atoms with Crippen LogP contribution < -0.4 is 5.01 Å². The summed E-state index contributed by atoms with van der Waals surface area (Å²) in [5, 5.41) is 5.38. The van der Waals surface area contributed by atoms with Gasteiger partial charge in [-0.25, -0.2) is 9.80 Å². The van der Waals surface area contributed by atoms with Crippen LogP contribution in [-0.2, 0) is 25.6 Å². The molecule has 1 aromatic carbocycles. The van der Waals surface area contributed by atoms with Gasteiger partial charge < -0.3 is 14.0 Å². The summed E-state index contributed by atoms with van der Waals surface area (Å²) in [4.78, 5) is 37.5. The van der Waals surface area contributed by atoms with Gasteiger partial charge in [0.1, 0.15) is 5.71 Å². The third-order valence-electron chi connectivity index (χ3n) is 5.89. The number of amides is 1. The van der Waals surface area contributed by atoms with Crippen LogP contribution in [0, 0.1) is 13.8 Å². The number of aromatic nitrogens is 1. The standard InChI is InChI=1S/C24H27N3O5/c1-16-13-20(17(2)26(16)14-19-9-6-12-31-19)22(28)15-32-24(30)21-10-11-23(29)27(25-21)18-7-4-3-5-8-18/h3-5,7-8,13,19H,6,9-12,14-15H2,1-2H3/t19-/m1/s1. The number of Topliss-reactive ketones (excluding diaryl/α,β-unsaturated/α-hetero) is 1. The Kier molecular flexibility index (Phi) is 6.50. The Labute approximate surface area is 186 Å². The minimum atomic E-state index is -0.681. The van der Waals surface area contributed by atoms with Crippen LogP contribution in [0.2, 0.25) is 0 Å². The predicted octanol–water partition coefficient (Wildman–Crippen LogP) is 3.19. The molecule has 1 saturated heterocycles. The van der Waals surface area contributed by atoms with Gasteiger partial charge in [0.15, 0.2) is 6.61 Å². The fourth-order valence-electron chi connectivity index (χ4n) is 4.12. The molecule has 2 aliphatic heterocycles. The highest BCUT2D eigenvalue weighted by molar-refractivity contribution is 6.38. The van der Waals surface area contributed by atoms with Crippen LogP contribution in [0.25, 0.3) is 0 Å². The van der Waals surface area contributed by atoms with Crippen LogP contribution in [0.3, 0.4) is 0 Å². The van der Waals surface area contributed by atoms with Gasteiger partial charge in [-0.1, -0.05) is 18.2 Å². The summed E-state index contributed by atoms with van der Waals surface area (Å²) < 4.78 is 13.1. The van der Waals surface area contributed by atoms with E-state index >= 15 is 0 Å². The summed E-state index contributed by atoms with van der Waals surface area (Å²) >= 11 is 0. The van der Waals surface area contributed by atoms with E-state index in [1.54, 1.807) is 24.3 Å². The minimum Gasteiger partial charge on any atom is -0.453 e. The van der Waals surface area contributed by atoms with Gasteiger partial charge in [0.05, 0.1) is 11.8 Å². The number of esters is 1. The van der Waals surface area contributed by atoms with Crippen molar-refractivity contribution in [1.82, 2.24) is 4.57 Å². The largest absolute Gasteiger partial charge is 0.453 e. The number of carbonyl (C=O) groups is 3. The van der Waals surface area contributed by atoms with Crippen molar-refractivity contribution in [2.24, 2.45) is 5.10 Å². The molecule has 1 amide bonds. The van der Waals surface area contributed by atoms with Crippen LogP contribution in [-0.4, -0.2) is 47.3 Å². The summed E-state index contributed by atoms with van der Waals surface area (Å²) in [6, 6.07) is 10.7. The number of anilines is 1. The van der Waals surface area contributed by atoms with E-state index in [0.29, 0.717) is 17.8 Å². The monoisotopic (exact) mass is 437 g/mol. The van der Waals surface area contributed by atoms with E-state index in [2.05, 4.69) is 9.67 Å². The zero-order valence-corrected chi connectivity index (χ0v) is 18.4. The van der Waals surface area contributed by atoms with Crippen LogP contribution in [0.5, 0.6) is 0 Å². The number of benzene rings is 1. The van der Waals surface area contributed by atoms with E-state index in [4.69, 9.17) is 9.47 Å². The molecule has 0 N–H and O–H groups in total. The van der Waals surface area contributed by atoms with Crippen molar-refractivity contribution in [2.45, 2.75) is 52.2 Å². The van der Waals surface area contributed by atoms with Crippen molar-refractivity contribution >= 4 is 29.1 Å². The molecule has 0 radical (unpaired) electrons. The SMILES string of the molecule is Cc1cc(C(=O)COC(=O)C2=NN(c3ccccc3)C(=O)CC2)c(C)n1C[C@H]1CCCO1. The summed E-state index contributed by atoms with van der Waals surface area (Å²) in [6.45, 7) is 4.97. The predicted molar refractivity (Wildman–Crippen MR) is 119 cm³/mol. The van der Waals surface area contributed by atoms with Crippen molar-refractivity contribution in [2.75, 3.05) is 18.2 Å². The van der Waals surface area contributed by atoms with Gasteiger partial charge in [0.2, 0.25) is 11.7 Å². The first-order chi connectivity index (χ1) is 15.4. The minimum absolute atomic E-state index is 0.130. The van der Waals surface area contributed by atoms with Crippen molar-refractivity contribution in [3.8, 4) is 0 Å². The first-order valence-corrected chi connectivity index (χ1v) is 10.9. The van der Waals surface area contributed by atoms with E-state index in [1.165, 1.54) is 5.01 Å². The number of nitrogens with zero attached hydrogens (tertiary/aromatic N) is 3. The van der Waals surface area contributed by atoms with Gasteiger partial charge in [-0.3, -0.25) is 9.59 Å². The first-order valence-electron chi connectivity index (χ1n) is 10.9. The molecular weight excluding hydrogens is 410 g/mol. The summed E-state index contributed by atoms with van der Waals surface area (Å²) in [6.07, 6.45) is 2.58. The Morgan fingerprint density at radius 2 is 1.97 bits per heavy atom. The molecule has 2 aromatic rings. The fourth-order valence-corrected chi connectivity index (χ4v) is 4.12. The maximum Gasteiger partial charge on any atom is 0.354 e. The van der Waals surface area contributed by atoms with Gasteiger partial charge in [-0.05, 0) is 44.9 Å². The van der Waals surface area contributed by atoms with Crippen LogP contribution in [0.4, 0.5) is 5.69 Å². The molecule has 0 spiro atoms. The number of carbonyl (C=O) groups excluding carboxylic acids is 3. The zero-order valence-electron chi connectivity index (χ0n) is 18.4. The number of hydrogen-bond acceptors (Lipinski definition) is 6. The molecule has 8 heteroatoms. The highest BCUT2D eigenvalue weighted by atomic mass is 16.5. The highest BCUT2D eigenvalue weighted by Gasteiger charge is 2.27. The molecule has 32 heavy (non-hydrogen) atoms. The number of hydrogen-bond donors (Lipinski definition) is 0. The van der Waals surface area contributed by atoms with Crippen molar-refractivity contribution in [3.05, 3.63) is 53.3 Å². The van der Waals surface area contributed by atoms with Crippen LogP contribution >= 0.6 is 0 Å². The molecule has 3 heterocycles. The maximum atomic E-state index is 12.8. The van der Waals surface area contributed by atoms with Crippen LogP contribution in [0.1, 0.15) is 47.4 Å². The molecule has 0 saturated carbocycles. The Hall–Kier alpha value is -3.26. The Morgan fingerprint density at radius 3 is 2.69 bits per heavy atom. The Bertz CT molecular complexity index is 1050. The quantitative estimate of drug-likeness (QED) is 0.490. The van der Waals surface area contributed by atoms with E-state index in [-0.39, 0.29) is 43.0 Å². The van der Waals surface area contributed by atoms with E-state index < -0.39 is 5.97 Å². The van der Waals surface area contributed by atoms with Crippen molar-refractivity contribution in [3.63, 3.8) is 0 Å². The normalized spacial score (nSPS) is 18.6. The van der Waals surface area contributed by atoms with Gasteiger partial charge in [0, 0.05) is 42.9 Å². The number of para-hydroxylation sites is 1. The molecule has 4 rings (SSSR count). The lowest BCUT2D eigenvalue weighted by Gasteiger charge is -2.22. The molecule has 1 aromatic heterocycles. The lowest BCUT2D eigenvalue weighted by molar-refractivity contribution is -0.134. The van der Waals surface area contributed by atoms with Crippen LogP contribution in [0.15, 0.2) is 41.5 Å². The van der Waals surface area contributed by atoms with Crippen molar-refractivity contribution < 1.29 is 23.9 Å². The average molecular weight is 437 g/mol. The lowest BCUT2D eigenvalue weighted by atomic mass is 10.1. The number of rotatable bonds is 7. The summed E-state index contributed by atoms with van der Waals surface area (Å²) in [5.74, 6) is -1.14. The molecule has 1 atom stereocenters. The number of ether oxygens (including phenoxy) is 2. The lowest BCUT2D eigenvalue weighted by Crippen LogP contribution is -2.35. The highest BCUT2D eigenvalue weighted by Crippen LogP contribution is 2.22. The molecule has 2 aliphatic rings.